The number of urea groups is 1. The number of amides is 4. The largest absolute Gasteiger partial charge is 0.344 e. The van der Waals surface area contributed by atoms with Crippen LogP contribution in [0.2, 0.25) is 0 Å². The zero-order valence-corrected chi connectivity index (χ0v) is 18.3. The van der Waals surface area contributed by atoms with E-state index in [1.165, 1.54) is 10.7 Å². The average Bonchev–Trinajstić information content (AvgIpc) is 3.26. The molecule has 10 nitrogen and oxygen atoms in total. The van der Waals surface area contributed by atoms with Crippen LogP contribution in [0.25, 0.3) is 0 Å². The fraction of sp³-hybridized carbons (Fsp3) is 0.190. The Kier molecular flexibility index (Phi) is 6.01. The van der Waals surface area contributed by atoms with Crippen molar-refractivity contribution < 1.29 is 18.8 Å². The van der Waals surface area contributed by atoms with Gasteiger partial charge in [0.1, 0.15) is 11.4 Å². The summed E-state index contributed by atoms with van der Waals surface area (Å²) in [7, 11) is 0. The molecule has 4 amide bonds. The van der Waals surface area contributed by atoms with Gasteiger partial charge < -0.3 is 11.2 Å². The van der Waals surface area contributed by atoms with E-state index in [0.717, 1.165) is 11.8 Å². The van der Waals surface area contributed by atoms with Crippen molar-refractivity contribution in [1.82, 2.24) is 30.6 Å². The fourth-order valence-corrected chi connectivity index (χ4v) is 4.00. The van der Waals surface area contributed by atoms with E-state index in [-0.39, 0.29) is 23.1 Å². The number of nitrogen functional groups attached to an aromatic ring is 1. The van der Waals surface area contributed by atoms with E-state index in [9.17, 15) is 18.8 Å². The highest BCUT2D eigenvalue weighted by Crippen LogP contribution is 2.27. The van der Waals surface area contributed by atoms with Gasteiger partial charge in [-0.05, 0) is 24.1 Å². The van der Waals surface area contributed by atoms with Crippen LogP contribution in [0.5, 0.6) is 0 Å². The topological polar surface area (TPSA) is 135 Å². The van der Waals surface area contributed by atoms with Crippen LogP contribution in [0.3, 0.4) is 0 Å². The lowest BCUT2D eigenvalue weighted by Crippen LogP contribution is -2.48. The van der Waals surface area contributed by atoms with Crippen LogP contribution < -0.4 is 16.6 Å². The van der Waals surface area contributed by atoms with Crippen LogP contribution in [0, 0.1) is 5.82 Å². The maximum Gasteiger partial charge on any atom is 0.344 e. The first-order valence-electron chi connectivity index (χ1n) is 9.87. The minimum absolute atomic E-state index is 0.128. The Morgan fingerprint density at radius 3 is 2.58 bits per heavy atom. The van der Waals surface area contributed by atoms with Crippen LogP contribution in [0.4, 0.5) is 9.18 Å². The summed E-state index contributed by atoms with van der Waals surface area (Å²) in [5.74, 6) is 4.51. The molecule has 3 aromatic rings. The van der Waals surface area contributed by atoms with Gasteiger partial charge in [-0.2, -0.15) is 5.01 Å². The van der Waals surface area contributed by atoms with Gasteiger partial charge in [0.05, 0.1) is 5.75 Å². The number of carbonyl (C=O) groups excluding carboxylic acids is 3. The summed E-state index contributed by atoms with van der Waals surface area (Å²) < 4.78 is 15.0. The normalized spacial score (nSPS) is 17.8. The van der Waals surface area contributed by atoms with Gasteiger partial charge in [0.15, 0.2) is 5.82 Å². The van der Waals surface area contributed by atoms with Crippen LogP contribution in [-0.2, 0) is 21.5 Å². The number of thioether (sulfide) groups is 1. The smallest absolute Gasteiger partial charge is 0.336 e. The number of hydrazine groups is 1. The van der Waals surface area contributed by atoms with Crippen molar-refractivity contribution in [3.63, 3.8) is 0 Å². The first-order valence-corrected chi connectivity index (χ1v) is 10.9. The lowest BCUT2D eigenvalue weighted by molar-refractivity contribution is -0.138. The molecule has 1 aliphatic heterocycles. The summed E-state index contributed by atoms with van der Waals surface area (Å²) in [6, 6.07) is 14.2. The lowest BCUT2D eigenvalue weighted by Gasteiger charge is -2.22. The van der Waals surface area contributed by atoms with Crippen LogP contribution in [-0.4, -0.2) is 43.5 Å². The van der Waals surface area contributed by atoms with Gasteiger partial charge in [-0.15, -0.1) is 10.2 Å². The number of hydrogen-bond donors (Lipinski definition) is 3. The van der Waals surface area contributed by atoms with Crippen molar-refractivity contribution in [3.05, 3.63) is 77.4 Å². The Hall–Kier alpha value is -3.93. The van der Waals surface area contributed by atoms with Gasteiger partial charge in [-0.25, -0.2) is 13.9 Å². The zero-order chi connectivity index (χ0) is 23.6. The van der Waals surface area contributed by atoms with E-state index in [2.05, 4.69) is 20.9 Å². The van der Waals surface area contributed by atoms with E-state index >= 15 is 0 Å². The maximum atomic E-state index is 13.9. The highest BCUT2D eigenvalue weighted by molar-refractivity contribution is 7.99. The third-order valence-electron chi connectivity index (χ3n) is 5.15. The minimum Gasteiger partial charge on any atom is -0.336 e. The molecular weight excluding hydrogens is 449 g/mol. The molecule has 4 rings (SSSR count). The van der Waals surface area contributed by atoms with Gasteiger partial charge in [-0.1, -0.05) is 60.3 Å². The molecule has 4 N–H and O–H groups in total. The predicted molar refractivity (Wildman–Crippen MR) is 117 cm³/mol. The van der Waals surface area contributed by atoms with Gasteiger partial charge in [-0.3, -0.25) is 15.0 Å². The van der Waals surface area contributed by atoms with Gasteiger partial charge >= 0.3 is 6.03 Å². The first kappa shape index (κ1) is 22.3. The molecule has 2 heterocycles. The molecule has 170 valence electrons. The molecular formula is C21H20FN7O3S. The summed E-state index contributed by atoms with van der Waals surface area (Å²) in [5.41, 5.74) is 2.02. The molecule has 0 spiro atoms. The first-order chi connectivity index (χ1) is 15.8. The molecule has 0 bridgehead atoms. The Labute approximate surface area is 192 Å². The summed E-state index contributed by atoms with van der Waals surface area (Å²) in [6.07, 6.45) is 0.128. The molecule has 1 aliphatic rings. The second-order valence-electron chi connectivity index (χ2n) is 7.42. The van der Waals surface area contributed by atoms with Crippen LogP contribution >= 0.6 is 11.8 Å². The average molecular weight is 470 g/mol. The molecule has 1 unspecified atom stereocenters. The van der Waals surface area contributed by atoms with Crippen molar-refractivity contribution in [2.45, 2.75) is 24.0 Å². The molecule has 12 heteroatoms. The van der Waals surface area contributed by atoms with Crippen LogP contribution in [0.15, 0.2) is 59.8 Å². The molecule has 2 aromatic carbocycles. The Bertz CT molecular complexity index is 1220. The molecule has 0 saturated carbocycles. The molecule has 1 atom stereocenters. The van der Waals surface area contributed by atoms with Gasteiger partial charge in [0.25, 0.3) is 5.91 Å². The van der Waals surface area contributed by atoms with Gasteiger partial charge in [0.2, 0.25) is 11.1 Å². The third-order valence-corrected chi connectivity index (χ3v) is 6.10. The molecule has 1 saturated heterocycles. The number of imide groups is 1. The number of hydrogen-bond acceptors (Lipinski definition) is 7. The number of halogens is 1. The number of aromatic nitrogens is 3. The Morgan fingerprint density at radius 2 is 1.85 bits per heavy atom. The molecule has 33 heavy (non-hydrogen) atoms. The maximum absolute atomic E-state index is 13.9. The number of nitrogens with two attached hydrogens (primary N) is 1. The van der Waals surface area contributed by atoms with E-state index < -0.39 is 23.4 Å². The highest BCUT2D eigenvalue weighted by Gasteiger charge is 2.49. The van der Waals surface area contributed by atoms with Crippen LogP contribution in [0.1, 0.15) is 23.9 Å². The summed E-state index contributed by atoms with van der Waals surface area (Å²) >= 11 is 0.962. The molecule has 1 aromatic heterocycles. The summed E-state index contributed by atoms with van der Waals surface area (Å²) in [4.78, 5) is 37.6. The number of rotatable bonds is 7. The number of carbonyl (C=O) groups is 3. The van der Waals surface area contributed by atoms with Crippen molar-refractivity contribution in [2.24, 2.45) is 0 Å². The molecule has 0 radical (unpaired) electrons. The third kappa shape index (κ3) is 4.37. The number of nitrogens with zero attached hydrogens (tertiary/aromatic N) is 4. The predicted octanol–water partition coefficient (Wildman–Crippen LogP) is 1.31. The molecule has 0 aliphatic carbocycles. The zero-order valence-electron chi connectivity index (χ0n) is 17.5. The van der Waals surface area contributed by atoms with Crippen molar-refractivity contribution >= 4 is 29.6 Å². The minimum atomic E-state index is -1.29. The second-order valence-corrected chi connectivity index (χ2v) is 8.36. The van der Waals surface area contributed by atoms with E-state index in [1.807, 2.05) is 0 Å². The quantitative estimate of drug-likeness (QED) is 0.270. The number of nitrogens with one attached hydrogen (secondary N) is 2. The lowest BCUT2D eigenvalue weighted by atomic mass is 9.92. The van der Waals surface area contributed by atoms with Crippen molar-refractivity contribution in [3.8, 4) is 0 Å². The van der Waals surface area contributed by atoms with Crippen molar-refractivity contribution in [1.29, 1.82) is 0 Å². The van der Waals surface area contributed by atoms with E-state index in [0.29, 0.717) is 22.0 Å². The van der Waals surface area contributed by atoms with Gasteiger partial charge in [0, 0.05) is 6.42 Å². The summed E-state index contributed by atoms with van der Waals surface area (Å²) in [5, 5.41) is 11.4. The monoisotopic (exact) mass is 469 g/mol. The second kappa shape index (κ2) is 8.90. The van der Waals surface area contributed by atoms with E-state index in [4.69, 9.17) is 5.84 Å². The SMILES string of the molecule is CC1(c2ccccc2)NC(=O)N(NC(=O)CSc2nnc(Cc3ccccc3F)n2N)C1=O. The van der Waals surface area contributed by atoms with Crippen molar-refractivity contribution in [2.75, 3.05) is 11.6 Å². The Balaban J connectivity index is 1.37. The highest BCUT2D eigenvalue weighted by atomic mass is 32.2. The molecule has 1 fully saturated rings. The van der Waals surface area contributed by atoms with E-state index in [1.54, 1.807) is 55.5 Å². The Morgan fingerprint density at radius 1 is 1.15 bits per heavy atom. The number of benzene rings is 2. The fourth-order valence-electron chi connectivity index (χ4n) is 3.33. The summed E-state index contributed by atoms with van der Waals surface area (Å²) in [6.45, 7) is 1.57. The standard InChI is InChI=1S/C21H20FN7O3S/c1-21(14-8-3-2-4-9-14)18(31)29(19(32)24-21)27-17(30)12-33-20-26-25-16(28(20)23)11-13-7-5-6-10-15(13)22/h2-10H,11-12,23H2,1H3,(H,24,32)(H,27,30).